The molecule has 1 amide bonds. The van der Waals surface area contributed by atoms with Crippen molar-refractivity contribution in [1.82, 2.24) is 5.32 Å². The predicted molar refractivity (Wildman–Crippen MR) is 65.5 cm³/mol. The van der Waals surface area contributed by atoms with Crippen molar-refractivity contribution in [2.24, 2.45) is 5.41 Å². The van der Waals surface area contributed by atoms with Gasteiger partial charge >= 0.3 is 0 Å². The van der Waals surface area contributed by atoms with Gasteiger partial charge in [-0.3, -0.25) is 4.79 Å². The van der Waals surface area contributed by atoms with Gasteiger partial charge in [0.05, 0.1) is 0 Å². The Bertz CT molecular complexity index is 181. The first kappa shape index (κ1) is 14.5. The maximum atomic E-state index is 11.5. The van der Waals surface area contributed by atoms with Crippen LogP contribution in [0.4, 0.5) is 0 Å². The molecule has 0 saturated heterocycles. The van der Waals surface area contributed by atoms with Crippen LogP contribution in [0, 0.1) is 11.3 Å². The molecule has 0 aliphatic heterocycles. The molecule has 0 atom stereocenters. The smallest absolute Gasteiger partial charge is 0.225 e. The van der Waals surface area contributed by atoms with Gasteiger partial charge in [-0.1, -0.05) is 47.5 Å². The van der Waals surface area contributed by atoms with Crippen LogP contribution < -0.4 is 5.32 Å². The largest absolute Gasteiger partial charge is 0.356 e. The zero-order chi connectivity index (χ0) is 11.9. The molecule has 1 radical (unpaired) electrons. The van der Waals surface area contributed by atoms with E-state index < -0.39 is 0 Å². The van der Waals surface area contributed by atoms with E-state index in [0.717, 1.165) is 13.0 Å². The third-order valence-corrected chi connectivity index (χ3v) is 2.60. The van der Waals surface area contributed by atoms with Crippen LogP contribution in [0.2, 0.25) is 0 Å². The number of amides is 1. The fourth-order valence-corrected chi connectivity index (χ4v) is 1.20. The molecule has 0 rings (SSSR count). The third kappa shape index (κ3) is 7.40. The van der Waals surface area contributed by atoms with Crippen molar-refractivity contribution >= 4 is 5.91 Å². The Kier molecular flexibility index (Phi) is 6.62. The molecule has 1 N–H and O–H groups in total. The van der Waals surface area contributed by atoms with Crippen LogP contribution in [-0.2, 0) is 4.79 Å². The summed E-state index contributed by atoms with van der Waals surface area (Å²) in [6.45, 7) is 11.0. The van der Waals surface area contributed by atoms with Crippen LogP contribution in [0.5, 0.6) is 0 Å². The fraction of sp³-hybridized carbons (Fsp3) is 0.846. The summed E-state index contributed by atoms with van der Waals surface area (Å²) in [4.78, 5) is 11.5. The molecular weight excluding hydrogens is 186 g/mol. The molecule has 0 fully saturated rings. The standard InChI is InChI=1S/C13H26NO/c1-6-11(2)9-7-8-10-14-12(15)13(3,4)5/h6-10H2,1-5H3,(H,14,15). The molecule has 0 spiro atoms. The highest BCUT2D eigenvalue weighted by Crippen LogP contribution is 2.14. The van der Waals surface area contributed by atoms with Crippen molar-refractivity contribution in [3.05, 3.63) is 5.92 Å². The minimum Gasteiger partial charge on any atom is -0.356 e. The van der Waals surface area contributed by atoms with Gasteiger partial charge in [0, 0.05) is 12.0 Å². The summed E-state index contributed by atoms with van der Waals surface area (Å²) in [5.74, 6) is 1.70. The number of hydrogen-bond acceptors (Lipinski definition) is 1. The van der Waals surface area contributed by atoms with Crippen molar-refractivity contribution < 1.29 is 4.79 Å². The zero-order valence-corrected chi connectivity index (χ0v) is 10.9. The Morgan fingerprint density at radius 3 is 2.27 bits per heavy atom. The van der Waals surface area contributed by atoms with E-state index in [2.05, 4.69) is 19.2 Å². The van der Waals surface area contributed by atoms with Gasteiger partial charge in [0.25, 0.3) is 0 Å². The molecular formula is C13H26NO. The highest BCUT2D eigenvalue weighted by molar-refractivity contribution is 5.81. The van der Waals surface area contributed by atoms with Crippen LogP contribution in [-0.4, -0.2) is 12.5 Å². The molecule has 0 aliphatic carbocycles. The van der Waals surface area contributed by atoms with Gasteiger partial charge in [-0.15, -0.1) is 0 Å². The van der Waals surface area contributed by atoms with Gasteiger partial charge in [0.2, 0.25) is 5.91 Å². The van der Waals surface area contributed by atoms with Gasteiger partial charge in [0.1, 0.15) is 0 Å². The van der Waals surface area contributed by atoms with Gasteiger partial charge in [-0.05, 0) is 18.8 Å². The van der Waals surface area contributed by atoms with E-state index in [1.165, 1.54) is 19.3 Å². The molecule has 0 aromatic carbocycles. The molecule has 0 aromatic rings. The molecule has 0 saturated carbocycles. The Labute approximate surface area is 94.8 Å². The van der Waals surface area contributed by atoms with Crippen LogP contribution in [0.15, 0.2) is 0 Å². The molecule has 0 aromatic heterocycles. The Morgan fingerprint density at radius 1 is 1.20 bits per heavy atom. The number of hydrogen-bond donors (Lipinski definition) is 1. The first-order chi connectivity index (χ1) is 6.88. The molecule has 2 nitrogen and oxygen atoms in total. The number of nitrogens with one attached hydrogen (secondary N) is 1. The normalized spacial score (nSPS) is 11.9. The van der Waals surface area contributed by atoms with Crippen LogP contribution in [0.1, 0.15) is 60.3 Å². The van der Waals surface area contributed by atoms with Crippen LogP contribution >= 0.6 is 0 Å². The number of unbranched alkanes of at least 4 members (excludes halogenated alkanes) is 1. The highest BCUT2D eigenvalue weighted by atomic mass is 16.2. The molecule has 89 valence electrons. The van der Waals surface area contributed by atoms with E-state index in [1.807, 2.05) is 20.8 Å². The minimum atomic E-state index is -0.258. The number of carbonyl (C=O) groups excluding carboxylic acids is 1. The highest BCUT2D eigenvalue weighted by Gasteiger charge is 2.19. The summed E-state index contributed by atoms with van der Waals surface area (Å²) in [7, 11) is 0. The quantitative estimate of drug-likeness (QED) is 0.672. The molecule has 0 heterocycles. The summed E-state index contributed by atoms with van der Waals surface area (Å²) in [6, 6.07) is 0. The molecule has 0 unspecified atom stereocenters. The summed E-state index contributed by atoms with van der Waals surface area (Å²) >= 11 is 0. The average Bonchev–Trinajstić information content (AvgIpc) is 2.15. The second kappa shape index (κ2) is 6.86. The Hall–Kier alpha value is -0.530. The van der Waals surface area contributed by atoms with Crippen molar-refractivity contribution in [2.45, 2.75) is 60.3 Å². The van der Waals surface area contributed by atoms with Gasteiger partial charge in [-0.2, -0.15) is 0 Å². The van der Waals surface area contributed by atoms with Gasteiger partial charge in [-0.25, -0.2) is 0 Å². The maximum Gasteiger partial charge on any atom is 0.225 e. The lowest BCUT2D eigenvalue weighted by Gasteiger charge is -2.17. The van der Waals surface area contributed by atoms with Crippen molar-refractivity contribution in [3.63, 3.8) is 0 Å². The van der Waals surface area contributed by atoms with Crippen molar-refractivity contribution in [1.29, 1.82) is 0 Å². The first-order valence-electron chi connectivity index (χ1n) is 5.97. The number of rotatable bonds is 6. The lowest BCUT2D eigenvalue weighted by molar-refractivity contribution is -0.128. The molecule has 0 bridgehead atoms. The molecule has 2 heteroatoms. The van der Waals surface area contributed by atoms with Crippen molar-refractivity contribution in [3.8, 4) is 0 Å². The Balaban J connectivity index is 3.44. The maximum absolute atomic E-state index is 11.5. The zero-order valence-electron chi connectivity index (χ0n) is 10.9. The summed E-state index contributed by atoms with van der Waals surface area (Å²) in [5.41, 5.74) is -0.258. The molecule has 15 heavy (non-hydrogen) atoms. The minimum absolute atomic E-state index is 0.152. The van der Waals surface area contributed by atoms with E-state index >= 15 is 0 Å². The molecule has 0 aliphatic rings. The summed E-state index contributed by atoms with van der Waals surface area (Å²) in [5, 5.41) is 2.97. The monoisotopic (exact) mass is 212 g/mol. The first-order valence-corrected chi connectivity index (χ1v) is 5.97. The fourth-order valence-electron chi connectivity index (χ4n) is 1.20. The van der Waals surface area contributed by atoms with E-state index in [0.29, 0.717) is 0 Å². The topological polar surface area (TPSA) is 29.1 Å². The second-order valence-electron chi connectivity index (χ2n) is 5.27. The third-order valence-electron chi connectivity index (χ3n) is 2.60. The second-order valence-corrected chi connectivity index (χ2v) is 5.27. The van der Waals surface area contributed by atoms with E-state index in [1.54, 1.807) is 5.92 Å². The van der Waals surface area contributed by atoms with E-state index in [9.17, 15) is 4.79 Å². The summed E-state index contributed by atoms with van der Waals surface area (Å²) < 4.78 is 0. The van der Waals surface area contributed by atoms with E-state index in [4.69, 9.17) is 0 Å². The van der Waals surface area contributed by atoms with Gasteiger partial charge < -0.3 is 5.32 Å². The van der Waals surface area contributed by atoms with Crippen LogP contribution in [0.3, 0.4) is 0 Å². The predicted octanol–water partition coefficient (Wildman–Crippen LogP) is 3.32. The van der Waals surface area contributed by atoms with Gasteiger partial charge in [0.15, 0.2) is 0 Å². The Morgan fingerprint density at radius 2 is 1.80 bits per heavy atom. The SMILES string of the molecule is CC[C](C)CCCCNC(=O)C(C)(C)C. The summed E-state index contributed by atoms with van der Waals surface area (Å²) in [6.07, 6.45) is 4.64. The van der Waals surface area contributed by atoms with Crippen molar-refractivity contribution in [2.75, 3.05) is 6.54 Å². The number of carbonyl (C=O) groups is 1. The lowest BCUT2D eigenvalue weighted by Crippen LogP contribution is -2.35. The lowest BCUT2D eigenvalue weighted by atomic mass is 9.95. The van der Waals surface area contributed by atoms with E-state index in [-0.39, 0.29) is 11.3 Å². The average molecular weight is 212 g/mol. The van der Waals surface area contributed by atoms with Crippen LogP contribution in [0.25, 0.3) is 0 Å².